The fourth-order valence-electron chi connectivity index (χ4n) is 3.80. The highest BCUT2D eigenvalue weighted by atomic mass is 16.5. The summed E-state index contributed by atoms with van der Waals surface area (Å²) in [5.74, 6) is 0.900. The van der Waals surface area contributed by atoms with Gasteiger partial charge in [0.05, 0.1) is 7.11 Å². The van der Waals surface area contributed by atoms with Crippen LogP contribution >= 0.6 is 0 Å². The highest BCUT2D eigenvalue weighted by Crippen LogP contribution is 2.48. The molecule has 1 aliphatic carbocycles. The molecule has 3 aromatic rings. The molecular formula is C24H22O. The van der Waals surface area contributed by atoms with Crippen molar-refractivity contribution < 1.29 is 4.74 Å². The van der Waals surface area contributed by atoms with E-state index in [-0.39, 0.29) is 0 Å². The summed E-state index contributed by atoms with van der Waals surface area (Å²) >= 11 is 0. The van der Waals surface area contributed by atoms with Crippen molar-refractivity contribution in [1.82, 2.24) is 0 Å². The van der Waals surface area contributed by atoms with Crippen LogP contribution in [0.5, 0.6) is 5.75 Å². The summed E-state index contributed by atoms with van der Waals surface area (Å²) < 4.78 is 5.33. The zero-order valence-electron chi connectivity index (χ0n) is 14.8. The Bertz CT molecular complexity index is 885. The third-order valence-corrected chi connectivity index (χ3v) is 4.92. The predicted octanol–water partition coefficient (Wildman–Crippen LogP) is 6.43. The molecule has 3 aromatic carbocycles. The van der Waals surface area contributed by atoms with Crippen LogP contribution in [-0.2, 0) is 0 Å². The molecule has 25 heavy (non-hydrogen) atoms. The molecule has 0 aliphatic heterocycles. The van der Waals surface area contributed by atoms with E-state index in [1.54, 1.807) is 7.11 Å². The summed E-state index contributed by atoms with van der Waals surface area (Å²) in [6, 6.07) is 26.0. The van der Waals surface area contributed by atoms with Gasteiger partial charge in [-0.15, -0.1) is 0 Å². The molecule has 0 bridgehead atoms. The SMILES string of the molecule is CCCC(=C1c2ccccc2-c2ccccc21)c1ccc(OC)cc1. The van der Waals surface area contributed by atoms with Crippen molar-refractivity contribution in [3.63, 3.8) is 0 Å². The molecule has 0 radical (unpaired) electrons. The van der Waals surface area contributed by atoms with E-state index in [1.165, 1.54) is 39.0 Å². The fourth-order valence-corrected chi connectivity index (χ4v) is 3.80. The van der Waals surface area contributed by atoms with Gasteiger partial charge >= 0.3 is 0 Å². The first-order chi connectivity index (χ1) is 12.3. The van der Waals surface area contributed by atoms with Crippen molar-refractivity contribution >= 4 is 11.1 Å². The monoisotopic (exact) mass is 326 g/mol. The van der Waals surface area contributed by atoms with Gasteiger partial charge in [-0.1, -0.05) is 74.0 Å². The molecule has 1 heteroatoms. The summed E-state index contributed by atoms with van der Waals surface area (Å²) in [6.45, 7) is 2.25. The quantitative estimate of drug-likeness (QED) is 0.419. The topological polar surface area (TPSA) is 9.23 Å². The number of rotatable bonds is 4. The Morgan fingerprint density at radius 1 is 0.720 bits per heavy atom. The van der Waals surface area contributed by atoms with Crippen molar-refractivity contribution in [2.45, 2.75) is 19.8 Å². The van der Waals surface area contributed by atoms with E-state index in [0.717, 1.165) is 18.6 Å². The van der Waals surface area contributed by atoms with Gasteiger partial charge in [0, 0.05) is 0 Å². The molecule has 0 aromatic heterocycles. The lowest BCUT2D eigenvalue weighted by atomic mass is 9.90. The minimum atomic E-state index is 0.900. The summed E-state index contributed by atoms with van der Waals surface area (Å²) in [4.78, 5) is 0. The normalized spacial score (nSPS) is 11.8. The van der Waals surface area contributed by atoms with Crippen LogP contribution in [0.25, 0.3) is 22.3 Å². The Morgan fingerprint density at radius 3 is 1.72 bits per heavy atom. The second kappa shape index (κ2) is 6.60. The van der Waals surface area contributed by atoms with Gasteiger partial charge < -0.3 is 4.74 Å². The van der Waals surface area contributed by atoms with Gasteiger partial charge in [-0.2, -0.15) is 0 Å². The lowest BCUT2D eigenvalue weighted by molar-refractivity contribution is 0.415. The van der Waals surface area contributed by atoms with Crippen LogP contribution in [0.15, 0.2) is 72.8 Å². The number of methoxy groups -OCH3 is 1. The standard InChI is InChI=1S/C24H22O/c1-3-8-19(17-13-15-18(25-2)16-14-17)24-22-11-6-4-9-20(22)21-10-5-7-12-23(21)24/h4-7,9-16H,3,8H2,1-2H3. The zero-order chi connectivity index (χ0) is 17.2. The van der Waals surface area contributed by atoms with Crippen LogP contribution < -0.4 is 4.74 Å². The van der Waals surface area contributed by atoms with Gasteiger partial charge in [0.2, 0.25) is 0 Å². The third-order valence-electron chi connectivity index (χ3n) is 4.92. The van der Waals surface area contributed by atoms with Crippen molar-refractivity contribution in [2.24, 2.45) is 0 Å². The lowest BCUT2D eigenvalue weighted by Crippen LogP contribution is -1.93. The van der Waals surface area contributed by atoms with Gasteiger partial charge in [-0.25, -0.2) is 0 Å². The number of fused-ring (bicyclic) bond motifs is 3. The maximum Gasteiger partial charge on any atom is 0.118 e. The molecule has 0 saturated heterocycles. The Kier molecular flexibility index (Phi) is 4.15. The van der Waals surface area contributed by atoms with E-state index in [9.17, 15) is 0 Å². The molecule has 4 rings (SSSR count). The number of hydrogen-bond acceptors (Lipinski definition) is 1. The summed E-state index contributed by atoms with van der Waals surface area (Å²) in [7, 11) is 1.71. The predicted molar refractivity (Wildman–Crippen MR) is 106 cm³/mol. The average Bonchev–Trinajstić information content (AvgIpc) is 3.01. The van der Waals surface area contributed by atoms with Crippen molar-refractivity contribution in [3.05, 3.63) is 89.5 Å². The molecule has 0 unspecified atom stereocenters. The summed E-state index contributed by atoms with van der Waals surface area (Å²) in [6.07, 6.45) is 2.18. The number of ether oxygens (including phenoxy) is 1. The highest BCUT2D eigenvalue weighted by Gasteiger charge is 2.25. The van der Waals surface area contributed by atoms with Gasteiger partial charge in [-0.3, -0.25) is 0 Å². The van der Waals surface area contributed by atoms with E-state index < -0.39 is 0 Å². The van der Waals surface area contributed by atoms with E-state index >= 15 is 0 Å². The molecule has 1 nitrogen and oxygen atoms in total. The summed E-state index contributed by atoms with van der Waals surface area (Å²) in [5.41, 5.74) is 9.47. The second-order valence-electron chi connectivity index (χ2n) is 6.42. The van der Waals surface area contributed by atoms with Crippen LogP contribution in [0.3, 0.4) is 0 Å². The van der Waals surface area contributed by atoms with E-state index in [4.69, 9.17) is 4.74 Å². The average molecular weight is 326 g/mol. The van der Waals surface area contributed by atoms with Crippen molar-refractivity contribution in [3.8, 4) is 16.9 Å². The first-order valence-corrected chi connectivity index (χ1v) is 8.90. The molecule has 124 valence electrons. The first-order valence-electron chi connectivity index (χ1n) is 8.90. The largest absolute Gasteiger partial charge is 0.497 e. The van der Waals surface area contributed by atoms with Crippen molar-refractivity contribution in [2.75, 3.05) is 7.11 Å². The zero-order valence-corrected chi connectivity index (χ0v) is 14.8. The first kappa shape index (κ1) is 15.7. The van der Waals surface area contributed by atoms with Crippen LogP contribution in [0, 0.1) is 0 Å². The Balaban J connectivity index is 1.99. The molecule has 0 amide bonds. The number of benzene rings is 3. The smallest absolute Gasteiger partial charge is 0.118 e. The van der Waals surface area contributed by atoms with Gasteiger partial charge in [0.25, 0.3) is 0 Å². The number of hydrogen-bond donors (Lipinski definition) is 0. The van der Waals surface area contributed by atoms with Gasteiger partial charge in [0.1, 0.15) is 5.75 Å². The van der Waals surface area contributed by atoms with Crippen LogP contribution in [0.2, 0.25) is 0 Å². The van der Waals surface area contributed by atoms with E-state index in [1.807, 2.05) is 0 Å². The number of allylic oxidation sites excluding steroid dienone is 1. The molecule has 0 saturated carbocycles. The molecule has 0 heterocycles. The second-order valence-corrected chi connectivity index (χ2v) is 6.42. The van der Waals surface area contributed by atoms with Crippen LogP contribution in [0.1, 0.15) is 36.5 Å². The maximum absolute atomic E-state index is 5.33. The Hall–Kier alpha value is -2.80. The van der Waals surface area contributed by atoms with Gasteiger partial charge in [-0.05, 0) is 57.5 Å². The minimum absolute atomic E-state index is 0.900. The summed E-state index contributed by atoms with van der Waals surface area (Å²) in [5, 5.41) is 0. The Morgan fingerprint density at radius 2 is 1.24 bits per heavy atom. The molecule has 0 N–H and O–H groups in total. The minimum Gasteiger partial charge on any atom is -0.497 e. The highest BCUT2D eigenvalue weighted by molar-refractivity contribution is 6.10. The van der Waals surface area contributed by atoms with E-state index in [2.05, 4.69) is 79.7 Å². The molecule has 0 fully saturated rings. The molecule has 1 aliphatic rings. The fraction of sp³-hybridized carbons (Fsp3) is 0.167. The van der Waals surface area contributed by atoms with Gasteiger partial charge in [0.15, 0.2) is 0 Å². The molecular weight excluding hydrogens is 304 g/mol. The molecule has 0 spiro atoms. The maximum atomic E-state index is 5.33. The van der Waals surface area contributed by atoms with Crippen LogP contribution in [-0.4, -0.2) is 7.11 Å². The third kappa shape index (κ3) is 2.66. The molecule has 0 atom stereocenters. The van der Waals surface area contributed by atoms with E-state index in [0.29, 0.717) is 0 Å². The Labute approximate surface area is 149 Å². The van der Waals surface area contributed by atoms with Crippen molar-refractivity contribution in [1.29, 1.82) is 0 Å². The van der Waals surface area contributed by atoms with Crippen LogP contribution in [0.4, 0.5) is 0 Å². The lowest BCUT2D eigenvalue weighted by Gasteiger charge is -2.14.